The van der Waals surface area contributed by atoms with E-state index in [1.807, 2.05) is 0 Å². The molecule has 0 aliphatic carbocycles. The summed E-state index contributed by atoms with van der Waals surface area (Å²) in [6.45, 7) is 0.319. The second kappa shape index (κ2) is 10.4. The molecule has 174 valence electrons. The molecular weight excluding hydrogens is 506 g/mol. The number of amides is 1. The van der Waals surface area contributed by atoms with Crippen molar-refractivity contribution in [1.29, 1.82) is 0 Å². The van der Waals surface area contributed by atoms with E-state index in [-0.39, 0.29) is 52.5 Å². The van der Waals surface area contributed by atoms with Gasteiger partial charge in [-0.15, -0.1) is 0 Å². The molecule has 2 N–H and O–H groups in total. The molecule has 0 spiro atoms. The fourth-order valence-corrected chi connectivity index (χ4v) is 3.31. The number of nitrogens with zero attached hydrogens (tertiary/aromatic N) is 4. The van der Waals surface area contributed by atoms with Crippen LogP contribution in [-0.4, -0.2) is 59.5 Å². The third kappa shape index (κ3) is 6.08. The molecule has 3 aromatic rings. The molecular formula is C20H19BrF2N6O4. The maximum absolute atomic E-state index is 14.2. The SMILES string of the molecule is CN(C)CC(=O)NCCOc1cc2ncnc(Nc3c(F)cc(Br)cc3F)c2cc1[N+](=O)[O-]. The Labute approximate surface area is 195 Å². The normalized spacial score (nSPS) is 11.0. The zero-order valence-corrected chi connectivity index (χ0v) is 19.1. The van der Waals surface area contributed by atoms with Crippen molar-refractivity contribution in [3.8, 4) is 5.75 Å². The highest BCUT2D eigenvalue weighted by atomic mass is 79.9. The van der Waals surface area contributed by atoms with Gasteiger partial charge in [0.05, 0.1) is 28.9 Å². The van der Waals surface area contributed by atoms with Gasteiger partial charge in [0.15, 0.2) is 17.4 Å². The highest BCUT2D eigenvalue weighted by molar-refractivity contribution is 9.10. The number of fused-ring (bicyclic) bond motifs is 1. The van der Waals surface area contributed by atoms with Crippen molar-refractivity contribution >= 4 is 49.9 Å². The Morgan fingerprint density at radius 3 is 2.55 bits per heavy atom. The Balaban J connectivity index is 1.86. The average Bonchev–Trinajstić information content (AvgIpc) is 2.72. The van der Waals surface area contributed by atoms with Crippen molar-refractivity contribution in [1.82, 2.24) is 20.2 Å². The minimum atomic E-state index is -0.876. The number of carbonyl (C=O) groups excluding carboxylic acids is 1. The molecule has 0 fully saturated rings. The molecule has 0 aliphatic rings. The Morgan fingerprint density at radius 1 is 1.21 bits per heavy atom. The molecule has 1 amide bonds. The van der Waals surface area contributed by atoms with Crippen LogP contribution in [0.4, 0.5) is 26.0 Å². The summed E-state index contributed by atoms with van der Waals surface area (Å²) in [6.07, 6.45) is 1.15. The number of hydrogen-bond donors (Lipinski definition) is 2. The molecule has 0 bridgehead atoms. The van der Waals surface area contributed by atoms with E-state index in [4.69, 9.17) is 4.74 Å². The van der Waals surface area contributed by atoms with Crippen LogP contribution in [0.2, 0.25) is 0 Å². The van der Waals surface area contributed by atoms with Crippen LogP contribution in [-0.2, 0) is 4.79 Å². The van der Waals surface area contributed by atoms with Gasteiger partial charge in [0.2, 0.25) is 5.91 Å². The summed E-state index contributed by atoms with van der Waals surface area (Å²) >= 11 is 3.00. The molecule has 0 radical (unpaired) electrons. The molecule has 0 saturated heterocycles. The molecule has 10 nitrogen and oxygen atoms in total. The number of likely N-dealkylation sites (N-methyl/N-ethyl adjacent to an activating group) is 1. The van der Waals surface area contributed by atoms with Gasteiger partial charge in [-0.1, -0.05) is 15.9 Å². The van der Waals surface area contributed by atoms with Gasteiger partial charge < -0.3 is 20.3 Å². The highest BCUT2D eigenvalue weighted by Gasteiger charge is 2.20. The minimum Gasteiger partial charge on any atom is -0.485 e. The summed E-state index contributed by atoms with van der Waals surface area (Å²) in [5.74, 6) is -2.06. The van der Waals surface area contributed by atoms with Gasteiger partial charge in [-0.2, -0.15) is 0 Å². The number of rotatable bonds is 9. The van der Waals surface area contributed by atoms with Crippen molar-refractivity contribution in [2.24, 2.45) is 0 Å². The van der Waals surface area contributed by atoms with Crippen molar-refractivity contribution in [2.45, 2.75) is 0 Å². The Kier molecular flexibility index (Phi) is 7.66. The summed E-state index contributed by atoms with van der Waals surface area (Å²) in [5.41, 5.74) is -0.603. The zero-order valence-electron chi connectivity index (χ0n) is 17.6. The van der Waals surface area contributed by atoms with Gasteiger partial charge in [-0.3, -0.25) is 14.9 Å². The van der Waals surface area contributed by atoms with Crippen molar-refractivity contribution in [3.05, 3.63) is 56.8 Å². The molecule has 0 atom stereocenters. The predicted molar refractivity (Wildman–Crippen MR) is 121 cm³/mol. The van der Waals surface area contributed by atoms with E-state index in [0.717, 1.165) is 24.5 Å². The Hall–Kier alpha value is -3.45. The quantitative estimate of drug-likeness (QED) is 0.248. The predicted octanol–water partition coefficient (Wildman–Crippen LogP) is 3.38. The molecule has 1 heterocycles. The van der Waals surface area contributed by atoms with E-state index in [9.17, 15) is 23.7 Å². The highest BCUT2D eigenvalue weighted by Crippen LogP contribution is 2.35. The van der Waals surface area contributed by atoms with E-state index in [1.165, 1.54) is 6.07 Å². The van der Waals surface area contributed by atoms with E-state index >= 15 is 0 Å². The van der Waals surface area contributed by atoms with Gasteiger partial charge in [-0.25, -0.2) is 18.7 Å². The standard InChI is InChI=1S/C20H19BrF2N6O4/c1-28(2)9-18(30)24-3-4-33-17-8-15-12(7-16(17)29(31)32)20(26-10-25-15)27-19-13(22)5-11(21)6-14(19)23/h5-8,10H,3-4,9H2,1-2H3,(H,24,30)(H,25,26,27). The molecule has 2 aromatic carbocycles. The zero-order chi connectivity index (χ0) is 24.1. The second-order valence-corrected chi connectivity index (χ2v) is 8.04. The monoisotopic (exact) mass is 524 g/mol. The summed E-state index contributed by atoms with van der Waals surface area (Å²) in [6, 6.07) is 4.63. The number of halogens is 3. The molecule has 0 saturated carbocycles. The number of nitrogens with one attached hydrogen (secondary N) is 2. The van der Waals surface area contributed by atoms with Gasteiger partial charge in [0.1, 0.15) is 24.4 Å². The third-order valence-electron chi connectivity index (χ3n) is 4.30. The van der Waals surface area contributed by atoms with Gasteiger partial charge >= 0.3 is 5.69 Å². The lowest BCUT2D eigenvalue weighted by Crippen LogP contribution is -2.35. The number of ether oxygens (including phenoxy) is 1. The summed E-state index contributed by atoms with van der Waals surface area (Å²) in [7, 11) is 3.50. The van der Waals surface area contributed by atoms with Crippen LogP contribution in [0.15, 0.2) is 35.1 Å². The van der Waals surface area contributed by atoms with Crippen molar-refractivity contribution in [3.63, 3.8) is 0 Å². The number of benzene rings is 2. The lowest BCUT2D eigenvalue weighted by Gasteiger charge is -2.13. The number of anilines is 2. The molecule has 13 heteroatoms. The van der Waals surface area contributed by atoms with Gasteiger partial charge in [0.25, 0.3) is 0 Å². The molecule has 3 rings (SSSR count). The van der Waals surface area contributed by atoms with Crippen LogP contribution in [0, 0.1) is 21.7 Å². The van der Waals surface area contributed by atoms with Crippen LogP contribution in [0.5, 0.6) is 5.75 Å². The Bertz CT molecular complexity index is 1190. The largest absolute Gasteiger partial charge is 0.485 e. The smallest absolute Gasteiger partial charge is 0.311 e. The molecule has 0 unspecified atom stereocenters. The maximum Gasteiger partial charge on any atom is 0.311 e. The van der Waals surface area contributed by atoms with E-state index < -0.39 is 27.9 Å². The van der Waals surface area contributed by atoms with Crippen LogP contribution in [0.1, 0.15) is 0 Å². The van der Waals surface area contributed by atoms with Crippen LogP contribution in [0.3, 0.4) is 0 Å². The van der Waals surface area contributed by atoms with Crippen LogP contribution >= 0.6 is 15.9 Å². The molecule has 1 aromatic heterocycles. The number of aromatic nitrogens is 2. The number of nitro groups is 1. The lowest BCUT2D eigenvalue weighted by atomic mass is 10.2. The first-order valence-electron chi connectivity index (χ1n) is 9.54. The second-order valence-electron chi connectivity index (χ2n) is 7.12. The van der Waals surface area contributed by atoms with Crippen LogP contribution in [0.25, 0.3) is 10.9 Å². The van der Waals surface area contributed by atoms with E-state index in [2.05, 4.69) is 36.5 Å². The number of nitro benzene ring substituents is 1. The first kappa shape index (κ1) is 24.2. The third-order valence-corrected chi connectivity index (χ3v) is 4.76. The Morgan fingerprint density at radius 2 is 1.91 bits per heavy atom. The molecule has 0 aliphatic heterocycles. The summed E-state index contributed by atoms with van der Waals surface area (Å²) < 4.78 is 34.2. The average molecular weight is 525 g/mol. The van der Waals surface area contributed by atoms with Gasteiger partial charge in [-0.05, 0) is 26.2 Å². The van der Waals surface area contributed by atoms with Crippen molar-refractivity contribution < 1.29 is 23.2 Å². The molecule has 33 heavy (non-hydrogen) atoms. The maximum atomic E-state index is 14.2. The topological polar surface area (TPSA) is 123 Å². The first-order valence-corrected chi connectivity index (χ1v) is 10.3. The van der Waals surface area contributed by atoms with Gasteiger partial charge in [0, 0.05) is 16.6 Å². The number of hydrogen-bond acceptors (Lipinski definition) is 8. The van der Waals surface area contributed by atoms with E-state index in [1.54, 1.807) is 19.0 Å². The van der Waals surface area contributed by atoms with Crippen LogP contribution < -0.4 is 15.4 Å². The first-order chi connectivity index (χ1) is 15.7. The summed E-state index contributed by atoms with van der Waals surface area (Å²) in [4.78, 5) is 32.4. The fraction of sp³-hybridized carbons (Fsp3) is 0.250. The lowest BCUT2D eigenvalue weighted by molar-refractivity contribution is -0.385. The summed E-state index contributed by atoms with van der Waals surface area (Å²) in [5, 5.41) is 16.9. The minimum absolute atomic E-state index is 0.0168. The van der Waals surface area contributed by atoms with E-state index in [0.29, 0.717) is 0 Å². The number of carbonyl (C=O) groups is 1. The van der Waals surface area contributed by atoms with Crippen molar-refractivity contribution in [2.75, 3.05) is 39.1 Å². The fourth-order valence-electron chi connectivity index (χ4n) is 2.90.